The van der Waals surface area contributed by atoms with Crippen molar-refractivity contribution < 1.29 is 4.79 Å². The third-order valence-electron chi connectivity index (χ3n) is 3.55. The minimum atomic E-state index is -0.343. The Balaban J connectivity index is 1.71. The number of nitrogens with one attached hydrogen (secondary N) is 2. The summed E-state index contributed by atoms with van der Waals surface area (Å²) in [4.78, 5) is 14.1. The Morgan fingerprint density at radius 2 is 1.96 bits per heavy atom. The monoisotopic (exact) mass is 388 g/mol. The van der Waals surface area contributed by atoms with E-state index in [9.17, 15) is 4.79 Å². The molecule has 0 saturated carbocycles. The maximum atomic E-state index is 12.6. The molecule has 0 radical (unpaired) electrons. The fraction of sp³-hybridized carbons (Fsp3) is 0.235. The molecule has 3 rings (SSSR count). The highest BCUT2D eigenvalue weighted by Gasteiger charge is 2.14. The van der Waals surface area contributed by atoms with Gasteiger partial charge in [0.25, 0.3) is 11.9 Å². The lowest BCUT2D eigenvalue weighted by molar-refractivity contribution is 0.0979. The molecule has 2 N–H and O–H groups in total. The number of carbonyl (C=O) groups is 1. The van der Waals surface area contributed by atoms with Crippen molar-refractivity contribution in [1.29, 1.82) is 0 Å². The van der Waals surface area contributed by atoms with Crippen LogP contribution in [-0.4, -0.2) is 31.2 Å². The summed E-state index contributed by atoms with van der Waals surface area (Å²) in [7, 11) is 0. The highest BCUT2D eigenvalue weighted by molar-refractivity contribution is 7.80. The highest BCUT2D eigenvalue weighted by Crippen LogP contribution is 2.25. The summed E-state index contributed by atoms with van der Waals surface area (Å²) in [5.41, 5.74) is 0.477. The molecule has 0 spiro atoms. The van der Waals surface area contributed by atoms with Crippen LogP contribution in [0.1, 0.15) is 24.2 Å². The smallest absolute Gasteiger partial charge is 0.269 e. The van der Waals surface area contributed by atoms with Crippen molar-refractivity contribution in [2.75, 3.05) is 5.32 Å². The molecule has 0 aliphatic rings. The Hall–Kier alpha value is -2.58. The van der Waals surface area contributed by atoms with Gasteiger partial charge >= 0.3 is 0 Å². The van der Waals surface area contributed by atoms with E-state index in [1.54, 1.807) is 24.3 Å². The number of thiocarbonyl (C=S) groups is 1. The average molecular weight is 389 g/mol. The molecule has 0 aliphatic carbocycles. The molecule has 3 aromatic rings. The summed E-state index contributed by atoms with van der Waals surface area (Å²) < 4.78 is 0. The second-order valence-electron chi connectivity index (χ2n) is 6.11. The lowest BCUT2D eigenvalue weighted by Gasteiger charge is -2.09. The molecule has 0 unspecified atom stereocenters. The van der Waals surface area contributed by atoms with Crippen LogP contribution in [0.2, 0.25) is 5.02 Å². The maximum Gasteiger partial charge on any atom is 0.269 e. The Labute approximate surface area is 160 Å². The summed E-state index contributed by atoms with van der Waals surface area (Å²) >= 11 is 11.4. The molecule has 26 heavy (non-hydrogen) atoms. The van der Waals surface area contributed by atoms with Gasteiger partial charge in [0.1, 0.15) is 0 Å². The van der Waals surface area contributed by atoms with Crippen LogP contribution >= 0.6 is 23.8 Å². The van der Waals surface area contributed by atoms with Crippen molar-refractivity contribution >= 4 is 51.6 Å². The molecule has 0 atom stereocenters. The lowest BCUT2D eigenvalue weighted by Crippen LogP contribution is -2.34. The van der Waals surface area contributed by atoms with Gasteiger partial charge in [-0.3, -0.25) is 15.4 Å². The van der Waals surface area contributed by atoms with Crippen molar-refractivity contribution in [2.24, 2.45) is 5.92 Å². The van der Waals surface area contributed by atoms with Gasteiger partial charge in [-0.15, -0.1) is 5.10 Å². The largest absolute Gasteiger partial charge is 0.299 e. The number of benzene rings is 2. The van der Waals surface area contributed by atoms with Gasteiger partial charge < -0.3 is 0 Å². The minimum Gasteiger partial charge on any atom is -0.299 e. The van der Waals surface area contributed by atoms with Gasteiger partial charge in [-0.1, -0.05) is 54.8 Å². The first-order chi connectivity index (χ1) is 12.4. The molecule has 0 saturated heterocycles. The number of rotatable bonds is 4. The van der Waals surface area contributed by atoms with Crippen molar-refractivity contribution in [3.05, 3.63) is 47.0 Å². The zero-order valence-corrected chi connectivity index (χ0v) is 15.8. The number of hydrogen-bond donors (Lipinski definition) is 2. The minimum absolute atomic E-state index is 0.0955. The number of hydrogen-bond acceptors (Lipinski definition) is 5. The molecule has 0 aliphatic heterocycles. The van der Waals surface area contributed by atoms with Crippen LogP contribution in [-0.2, 0) is 6.54 Å². The van der Waals surface area contributed by atoms with Crippen LogP contribution < -0.4 is 10.6 Å². The molecule has 9 heteroatoms. The predicted octanol–water partition coefficient (Wildman–Crippen LogP) is 3.26. The number of nitrogens with zero attached hydrogens (tertiary/aromatic N) is 4. The molecule has 1 aromatic heterocycles. The summed E-state index contributed by atoms with van der Waals surface area (Å²) in [6, 6.07) is 10.8. The van der Waals surface area contributed by atoms with E-state index in [2.05, 4.69) is 39.9 Å². The van der Waals surface area contributed by atoms with Gasteiger partial charge in [0, 0.05) is 16.0 Å². The van der Waals surface area contributed by atoms with Crippen LogP contribution in [0, 0.1) is 5.92 Å². The SMILES string of the molecule is CC(C)Cn1nnc(NC(=S)NC(=O)c2cccc3c(Cl)cccc23)n1. The van der Waals surface area contributed by atoms with Gasteiger partial charge in [-0.05, 0) is 40.9 Å². The van der Waals surface area contributed by atoms with Crippen molar-refractivity contribution in [3.8, 4) is 0 Å². The van der Waals surface area contributed by atoms with Crippen LogP contribution in [0.15, 0.2) is 36.4 Å². The first-order valence-corrected chi connectivity index (χ1v) is 8.80. The highest BCUT2D eigenvalue weighted by atomic mass is 35.5. The Morgan fingerprint density at radius 3 is 2.73 bits per heavy atom. The summed E-state index contributed by atoms with van der Waals surface area (Å²) in [6.07, 6.45) is 0. The maximum absolute atomic E-state index is 12.6. The molecule has 1 amide bonds. The lowest BCUT2D eigenvalue weighted by atomic mass is 10.0. The van der Waals surface area contributed by atoms with Gasteiger partial charge in [-0.2, -0.15) is 4.80 Å². The molecule has 134 valence electrons. The van der Waals surface area contributed by atoms with Gasteiger partial charge in [0.05, 0.1) is 6.54 Å². The second kappa shape index (κ2) is 7.76. The van der Waals surface area contributed by atoms with E-state index in [-0.39, 0.29) is 17.0 Å². The van der Waals surface area contributed by atoms with E-state index in [1.807, 2.05) is 12.1 Å². The topological polar surface area (TPSA) is 84.7 Å². The Bertz CT molecular complexity index is 971. The van der Waals surface area contributed by atoms with Gasteiger partial charge in [0.15, 0.2) is 5.11 Å². The van der Waals surface area contributed by atoms with Crippen molar-refractivity contribution in [1.82, 2.24) is 25.5 Å². The summed E-state index contributed by atoms with van der Waals surface area (Å²) in [6.45, 7) is 4.75. The fourth-order valence-electron chi connectivity index (χ4n) is 2.47. The number of carbonyl (C=O) groups excluding carboxylic acids is 1. The van der Waals surface area contributed by atoms with E-state index in [1.165, 1.54) is 4.80 Å². The molecule has 1 heterocycles. The quantitative estimate of drug-likeness (QED) is 0.667. The van der Waals surface area contributed by atoms with E-state index in [0.29, 0.717) is 23.0 Å². The summed E-state index contributed by atoms with van der Waals surface area (Å²) in [5, 5.41) is 19.6. The van der Waals surface area contributed by atoms with Crippen LogP contribution in [0.4, 0.5) is 5.95 Å². The van der Waals surface area contributed by atoms with Gasteiger partial charge in [0.2, 0.25) is 0 Å². The average Bonchev–Trinajstić information content (AvgIpc) is 3.00. The molecular weight excluding hydrogens is 372 g/mol. The fourth-order valence-corrected chi connectivity index (χ4v) is 2.89. The number of tetrazole rings is 1. The van der Waals surface area contributed by atoms with Gasteiger partial charge in [-0.25, -0.2) is 0 Å². The molecule has 0 fully saturated rings. The first-order valence-electron chi connectivity index (χ1n) is 8.01. The standard InChI is InChI=1S/C17H17ClN6OS/c1-10(2)9-24-22-16(21-23-24)20-17(26)19-15(25)13-7-3-6-12-11(13)5-4-8-14(12)18/h3-8,10H,9H2,1-2H3,(H2,19,20,22,25,26). The molecular formula is C17H17ClN6OS. The zero-order chi connectivity index (χ0) is 18.7. The van der Waals surface area contributed by atoms with E-state index in [4.69, 9.17) is 23.8 Å². The van der Waals surface area contributed by atoms with E-state index >= 15 is 0 Å². The third-order valence-corrected chi connectivity index (χ3v) is 4.08. The van der Waals surface area contributed by atoms with Crippen molar-refractivity contribution in [3.63, 3.8) is 0 Å². The number of amides is 1. The van der Waals surface area contributed by atoms with Crippen LogP contribution in [0.5, 0.6) is 0 Å². The van der Waals surface area contributed by atoms with Crippen LogP contribution in [0.3, 0.4) is 0 Å². The molecule has 2 aromatic carbocycles. The molecule has 7 nitrogen and oxygen atoms in total. The Morgan fingerprint density at radius 1 is 1.23 bits per heavy atom. The number of fused-ring (bicyclic) bond motifs is 1. The molecule has 0 bridgehead atoms. The summed E-state index contributed by atoms with van der Waals surface area (Å²) in [5.74, 6) is 0.281. The Kier molecular flexibility index (Phi) is 5.43. The second-order valence-corrected chi connectivity index (χ2v) is 6.93. The number of halogens is 1. The van der Waals surface area contributed by atoms with E-state index < -0.39 is 0 Å². The first kappa shape index (κ1) is 18.2. The van der Waals surface area contributed by atoms with E-state index in [0.717, 1.165) is 10.8 Å². The predicted molar refractivity (Wildman–Crippen MR) is 105 cm³/mol. The zero-order valence-electron chi connectivity index (χ0n) is 14.2. The van der Waals surface area contributed by atoms with Crippen LogP contribution in [0.25, 0.3) is 10.8 Å². The normalized spacial score (nSPS) is 10.9. The van der Waals surface area contributed by atoms with Crippen molar-refractivity contribution in [2.45, 2.75) is 20.4 Å². The number of anilines is 1. The number of aromatic nitrogens is 4. The third kappa shape index (κ3) is 4.14.